The minimum atomic E-state index is -0.347. The normalized spacial score (nSPS) is 15.1. The van der Waals surface area contributed by atoms with Gasteiger partial charge in [0.2, 0.25) is 0 Å². The molecule has 1 aromatic rings. The Bertz CT molecular complexity index is 277. The summed E-state index contributed by atoms with van der Waals surface area (Å²) in [5.41, 5.74) is 2.09. The zero-order valence-electron chi connectivity index (χ0n) is 8.86. The third kappa shape index (κ3) is 2.76. The van der Waals surface area contributed by atoms with Crippen LogP contribution in [0.25, 0.3) is 0 Å². The van der Waals surface area contributed by atoms with Gasteiger partial charge in [-0.25, -0.2) is 0 Å². The van der Waals surface area contributed by atoms with E-state index in [1.165, 1.54) is 11.1 Å². The van der Waals surface area contributed by atoms with Crippen LogP contribution < -0.4 is 0 Å². The Labute approximate surface area is 87.7 Å². The lowest BCUT2D eigenvalue weighted by atomic mass is 10.0. The number of rotatable bonds is 5. The molecule has 0 aromatic heterocycles. The zero-order valence-corrected chi connectivity index (χ0v) is 8.57. The van der Waals surface area contributed by atoms with E-state index < -0.39 is 0 Å². The molecule has 0 aliphatic heterocycles. The van der Waals surface area contributed by atoms with Crippen LogP contribution in [0.1, 0.15) is 12.5 Å². The molecule has 0 fully saturated rings. The number of thiol groups is 2. The van der Waals surface area contributed by atoms with E-state index >= 15 is 0 Å². The van der Waals surface area contributed by atoms with Crippen LogP contribution in [-0.2, 0) is 12.8 Å². The fourth-order valence-corrected chi connectivity index (χ4v) is 1.63. The number of benzene rings is 1. The molecule has 0 nitrogen and oxygen atoms in total. The smallest absolute Gasteiger partial charge is 0.102 e. The third-order valence-electron chi connectivity index (χ3n) is 1.80. The van der Waals surface area contributed by atoms with Crippen LogP contribution >= 0.6 is 25.2 Å². The van der Waals surface area contributed by atoms with E-state index in [2.05, 4.69) is 18.7 Å². The monoisotopic (exact) mass is 202 g/mol. The Hall–Kier alpha value is -0.0800. The summed E-state index contributed by atoms with van der Waals surface area (Å²) in [7, 11) is 0. The number of hydrogen-bond acceptors (Lipinski definition) is 2. The average Bonchev–Trinajstić information content (AvgIpc) is 2.16. The van der Waals surface area contributed by atoms with E-state index in [0.29, 0.717) is 6.42 Å². The highest BCUT2D eigenvalue weighted by atomic mass is 32.1. The Balaban J connectivity index is 2.69. The Morgan fingerprint density at radius 2 is 1.92 bits per heavy atom. The highest BCUT2D eigenvalue weighted by molar-refractivity contribution is 7.80. The van der Waals surface area contributed by atoms with E-state index in [4.69, 9.17) is 2.49 Å². The Kier molecular flexibility index (Phi) is 3.39. The predicted molar refractivity (Wildman–Crippen MR) is 61.6 cm³/mol. The minimum Gasteiger partial charge on any atom is -0.179 e. The first-order valence-electron chi connectivity index (χ1n) is 4.98. The molecule has 0 saturated heterocycles. The maximum absolute atomic E-state index is 7.41. The fourth-order valence-electron chi connectivity index (χ4n) is 1.21. The highest BCUT2D eigenvalue weighted by Gasteiger charge is 1.98. The number of hydrogen-bond donors (Lipinski definition) is 2. The lowest BCUT2D eigenvalue weighted by molar-refractivity contribution is 1.06. The van der Waals surface area contributed by atoms with Crippen LogP contribution in [0.4, 0.5) is 0 Å². The largest absolute Gasteiger partial charge is 0.179 e. The van der Waals surface area contributed by atoms with Crippen LogP contribution in [0.5, 0.6) is 0 Å². The number of aryl methyl sites for hydroxylation is 2. The standard InChI is InChI=1S/C10H14S2/c11-7-5-9-3-1-2-4-10(9)6-8-12/h1-4,11-12H,5-8H2/i7T/hT. The molecule has 1 unspecified atom stereocenters. The van der Waals surface area contributed by atoms with Crippen LogP contribution in [0.2, 0.25) is 0 Å². The topological polar surface area (TPSA) is 0 Å². The van der Waals surface area contributed by atoms with Gasteiger partial charge >= 0.3 is 0 Å². The van der Waals surface area contributed by atoms with E-state index in [-0.39, 0.29) is 5.73 Å². The SMILES string of the molecule is [3H]SCCc1ccccc1CC([3H])S. The molecule has 0 bridgehead atoms. The Morgan fingerprint density at radius 3 is 2.50 bits per heavy atom. The van der Waals surface area contributed by atoms with Gasteiger partial charge < -0.3 is 0 Å². The van der Waals surface area contributed by atoms with Crippen LogP contribution in [0, 0.1) is 0 Å². The molecule has 1 rings (SSSR count). The van der Waals surface area contributed by atoms with Gasteiger partial charge in [0.05, 0.1) is 0 Å². The lowest BCUT2D eigenvalue weighted by Gasteiger charge is -2.05. The van der Waals surface area contributed by atoms with Gasteiger partial charge in [0.25, 0.3) is 0 Å². The second-order valence-corrected chi connectivity index (χ2v) is 3.38. The third-order valence-corrected chi connectivity index (χ3v) is 2.19. The molecule has 0 aliphatic rings. The van der Waals surface area contributed by atoms with Gasteiger partial charge in [-0.15, -0.1) is 0 Å². The molecule has 0 N–H and O–H groups in total. The van der Waals surface area contributed by atoms with Crippen molar-refractivity contribution < 1.29 is 1.37 Å². The summed E-state index contributed by atoms with van der Waals surface area (Å²) in [5.74, 6) is 0.812. The Morgan fingerprint density at radius 1 is 1.25 bits per heavy atom. The molecule has 0 spiro atoms. The van der Waals surface area contributed by atoms with Gasteiger partial charge in [0.15, 0.2) is 0 Å². The molecule has 12 heavy (non-hydrogen) atoms. The summed E-state index contributed by atoms with van der Waals surface area (Å²) in [6, 6.07) is 8.11. The summed E-state index contributed by atoms with van der Waals surface area (Å²) >= 11 is 5.18. The van der Waals surface area contributed by atoms with Gasteiger partial charge in [-0.1, -0.05) is 24.3 Å². The van der Waals surface area contributed by atoms with Gasteiger partial charge in [-0.3, -0.25) is 0 Å². The molecular weight excluding hydrogens is 184 g/mol. The van der Waals surface area contributed by atoms with Gasteiger partial charge in [0.1, 0.15) is 1.12 Å². The molecule has 0 saturated carbocycles. The second-order valence-electron chi connectivity index (χ2n) is 2.61. The quantitative estimate of drug-likeness (QED) is 0.674. The van der Waals surface area contributed by atoms with Crippen molar-refractivity contribution in [3.05, 3.63) is 35.4 Å². The van der Waals surface area contributed by atoms with Crippen molar-refractivity contribution in [2.45, 2.75) is 12.8 Å². The summed E-state index contributed by atoms with van der Waals surface area (Å²) < 4.78 is 14.4. The molecule has 0 heterocycles. The van der Waals surface area contributed by atoms with Gasteiger partial charge in [0, 0.05) is 1.37 Å². The predicted octanol–water partition coefficient (Wildman–Crippen LogP) is 2.63. The maximum Gasteiger partial charge on any atom is 0.102 e. The molecule has 0 radical (unpaired) electrons. The van der Waals surface area contributed by atoms with Crippen molar-refractivity contribution in [3.63, 3.8) is 0 Å². The average molecular weight is 202 g/mol. The van der Waals surface area contributed by atoms with Crippen molar-refractivity contribution in [1.29, 1.82) is 1.12 Å². The van der Waals surface area contributed by atoms with Crippen molar-refractivity contribution in [1.82, 2.24) is 0 Å². The van der Waals surface area contributed by atoms with E-state index in [1.807, 2.05) is 18.2 Å². The second kappa shape index (κ2) is 5.55. The van der Waals surface area contributed by atoms with Crippen LogP contribution in [0.15, 0.2) is 24.3 Å². The summed E-state index contributed by atoms with van der Waals surface area (Å²) in [5, 5.41) is 0. The minimum absolute atomic E-state index is 0.347. The molecule has 1 aromatic carbocycles. The molecular formula is C10H14S2. The van der Waals surface area contributed by atoms with Gasteiger partial charge in [-0.05, 0) is 35.5 Å². The summed E-state index contributed by atoms with van der Waals surface area (Å²) in [4.78, 5) is 0. The van der Waals surface area contributed by atoms with Crippen LogP contribution in [-0.4, -0.2) is 12.6 Å². The van der Waals surface area contributed by atoms with Gasteiger partial charge in [-0.2, -0.15) is 25.2 Å². The maximum atomic E-state index is 7.41. The first kappa shape index (κ1) is 7.34. The summed E-state index contributed by atoms with van der Waals surface area (Å²) in [6.07, 6.45) is 1.59. The molecule has 2 heteroatoms. The van der Waals surface area contributed by atoms with Crippen molar-refractivity contribution in [3.8, 4) is 0 Å². The fraction of sp³-hybridized carbons (Fsp3) is 0.400. The van der Waals surface area contributed by atoms with E-state index in [9.17, 15) is 0 Å². The van der Waals surface area contributed by atoms with Crippen LogP contribution in [0.3, 0.4) is 0 Å². The first-order chi connectivity index (χ1) is 6.74. The zero-order chi connectivity index (χ0) is 10.4. The summed E-state index contributed by atoms with van der Waals surface area (Å²) in [6.45, 7) is 0. The molecule has 0 aliphatic carbocycles. The van der Waals surface area contributed by atoms with Crippen molar-refractivity contribution in [2.75, 3.05) is 11.5 Å². The van der Waals surface area contributed by atoms with E-state index in [0.717, 1.165) is 24.7 Å². The van der Waals surface area contributed by atoms with E-state index in [1.54, 1.807) is 0 Å². The first-order valence-corrected chi connectivity index (χ1v) is 5.08. The molecule has 66 valence electrons. The molecule has 1 atom stereocenters. The highest BCUT2D eigenvalue weighted by Crippen LogP contribution is 2.11. The van der Waals surface area contributed by atoms with Crippen molar-refractivity contribution in [2.24, 2.45) is 0 Å². The van der Waals surface area contributed by atoms with Crippen molar-refractivity contribution >= 4 is 25.2 Å². The lowest BCUT2D eigenvalue weighted by Crippen LogP contribution is -1.95. The molecule has 0 amide bonds.